The van der Waals surface area contributed by atoms with Crippen LogP contribution in [0, 0.1) is 5.92 Å². The summed E-state index contributed by atoms with van der Waals surface area (Å²) in [5, 5.41) is 8.76. The van der Waals surface area contributed by atoms with Crippen molar-refractivity contribution in [1.82, 2.24) is 10.9 Å². The van der Waals surface area contributed by atoms with Gasteiger partial charge in [-0.3, -0.25) is 10.2 Å². The molecule has 0 spiro atoms. The minimum Gasteiger partial charge on any atom is -0.480 e. The predicted octanol–water partition coefficient (Wildman–Crippen LogP) is -0.284. The van der Waals surface area contributed by atoms with Crippen molar-refractivity contribution < 1.29 is 9.90 Å². The minimum absolute atomic E-state index is 0.312. The summed E-state index contributed by atoms with van der Waals surface area (Å²) in [5.41, 5.74) is 5.83. The first-order chi connectivity index (χ1) is 5.29. The topological polar surface area (TPSA) is 61.4 Å². The van der Waals surface area contributed by atoms with Crippen molar-refractivity contribution in [3.05, 3.63) is 0 Å². The molecular formula is C7H12N2O2. The van der Waals surface area contributed by atoms with Crippen molar-refractivity contribution >= 4 is 5.97 Å². The molecule has 2 rings (SSSR count). The zero-order valence-corrected chi connectivity index (χ0v) is 6.21. The molecule has 2 fully saturated rings. The monoisotopic (exact) mass is 156 g/mol. The van der Waals surface area contributed by atoms with Gasteiger partial charge in [0, 0.05) is 12.0 Å². The van der Waals surface area contributed by atoms with E-state index < -0.39 is 5.97 Å². The SMILES string of the molecule is O=C(O)C1NNC2CCCC21. The van der Waals surface area contributed by atoms with Gasteiger partial charge >= 0.3 is 5.97 Å². The fourth-order valence-corrected chi connectivity index (χ4v) is 2.12. The number of hydrazine groups is 1. The molecule has 0 amide bonds. The van der Waals surface area contributed by atoms with E-state index in [0.29, 0.717) is 12.0 Å². The van der Waals surface area contributed by atoms with Gasteiger partial charge in [-0.05, 0) is 12.8 Å². The Labute approximate surface area is 64.9 Å². The molecule has 3 atom stereocenters. The van der Waals surface area contributed by atoms with Gasteiger partial charge in [0.25, 0.3) is 0 Å². The first-order valence-electron chi connectivity index (χ1n) is 4.03. The second-order valence-corrected chi connectivity index (χ2v) is 3.31. The molecule has 3 N–H and O–H groups in total. The van der Waals surface area contributed by atoms with Crippen LogP contribution in [-0.4, -0.2) is 23.2 Å². The molecule has 0 aromatic carbocycles. The molecule has 1 saturated carbocycles. The lowest BCUT2D eigenvalue weighted by Gasteiger charge is -2.10. The quantitative estimate of drug-likeness (QED) is 0.488. The molecule has 1 aliphatic carbocycles. The summed E-state index contributed by atoms with van der Waals surface area (Å²) in [5.74, 6) is -0.417. The van der Waals surface area contributed by atoms with Gasteiger partial charge in [0.15, 0.2) is 0 Å². The summed E-state index contributed by atoms with van der Waals surface area (Å²) in [6.45, 7) is 0. The number of carbonyl (C=O) groups is 1. The summed E-state index contributed by atoms with van der Waals surface area (Å²) in [4.78, 5) is 10.6. The van der Waals surface area contributed by atoms with Gasteiger partial charge in [0.1, 0.15) is 6.04 Å². The predicted molar refractivity (Wildman–Crippen MR) is 38.8 cm³/mol. The van der Waals surface area contributed by atoms with Gasteiger partial charge < -0.3 is 5.11 Å². The molecule has 2 aliphatic rings. The number of rotatable bonds is 1. The van der Waals surface area contributed by atoms with E-state index in [0.717, 1.165) is 19.3 Å². The fraction of sp³-hybridized carbons (Fsp3) is 0.857. The molecule has 1 heterocycles. The minimum atomic E-state index is -0.730. The van der Waals surface area contributed by atoms with Crippen LogP contribution < -0.4 is 10.9 Å². The Kier molecular flexibility index (Phi) is 1.58. The van der Waals surface area contributed by atoms with Crippen molar-refractivity contribution in [1.29, 1.82) is 0 Å². The Morgan fingerprint density at radius 2 is 2.18 bits per heavy atom. The van der Waals surface area contributed by atoms with Gasteiger partial charge in [0.05, 0.1) is 0 Å². The summed E-state index contributed by atoms with van der Waals surface area (Å²) in [7, 11) is 0. The second-order valence-electron chi connectivity index (χ2n) is 3.31. The van der Waals surface area contributed by atoms with Crippen LogP contribution >= 0.6 is 0 Å². The van der Waals surface area contributed by atoms with E-state index in [2.05, 4.69) is 10.9 Å². The standard InChI is InChI=1S/C7H12N2O2/c10-7(11)6-4-2-1-3-5(4)8-9-6/h4-6,8-9H,1-3H2,(H,10,11). The third-order valence-corrected chi connectivity index (χ3v) is 2.69. The lowest BCUT2D eigenvalue weighted by Crippen LogP contribution is -2.38. The molecule has 11 heavy (non-hydrogen) atoms. The lowest BCUT2D eigenvalue weighted by molar-refractivity contribution is -0.140. The molecular weight excluding hydrogens is 144 g/mol. The van der Waals surface area contributed by atoms with Gasteiger partial charge in [-0.2, -0.15) is 0 Å². The molecule has 1 saturated heterocycles. The number of aliphatic carboxylic acids is 1. The highest BCUT2D eigenvalue weighted by Gasteiger charge is 2.42. The highest BCUT2D eigenvalue weighted by Crippen LogP contribution is 2.31. The van der Waals surface area contributed by atoms with Crippen LogP contribution in [0.5, 0.6) is 0 Å². The smallest absolute Gasteiger partial charge is 0.322 e. The van der Waals surface area contributed by atoms with E-state index >= 15 is 0 Å². The summed E-state index contributed by atoms with van der Waals surface area (Å²) < 4.78 is 0. The Bertz CT molecular complexity index is 183. The molecule has 0 aromatic heterocycles. The molecule has 62 valence electrons. The Morgan fingerprint density at radius 1 is 1.36 bits per heavy atom. The first kappa shape index (κ1) is 7.06. The van der Waals surface area contributed by atoms with Crippen LogP contribution in [0.4, 0.5) is 0 Å². The Hall–Kier alpha value is -0.610. The van der Waals surface area contributed by atoms with Gasteiger partial charge in [0.2, 0.25) is 0 Å². The molecule has 0 bridgehead atoms. The van der Waals surface area contributed by atoms with E-state index in [-0.39, 0.29) is 6.04 Å². The normalized spacial score (nSPS) is 42.4. The number of carboxylic acids is 1. The largest absolute Gasteiger partial charge is 0.480 e. The third kappa shape index (κ3) is 1.02. The number of hydrogen-bond donors (Lipinski definition) is 3. The van der Waals surface area contributed by atoms with Crippen molar-refractivity contribution in [3.63, 3.8) is 0 Å². The van der Waals surface area contributed by atoms with Crippen LogP contribution in [0.2, 0.25) is 0 Å². The number of nitrogens with one attached hydrogen (secondary N) is 2. The average Bonchev–Trinajstić information content (AvgIpc) is 2.41. The van der Waals surface area contributed by atoms with Crippen molar-refractivity contribution in [2.75, 3.05) is 0 Å². The maximum Gasteiger partial charge on any atom is 0.322 e. The van der Waals surface area contributed by atoms with E-state index in [1.807, 2.05) is 0 Å². The van der Waals surface area contributed by atoms with Gasteiger partial charge in [-0.15, -0.1) is 0 Å². The van der Waals surface area contributed by atoms with Gasteiger partial charge in [-0.25, -0.2) is 5.43 Å². The van der Waals surface area contributed by atoms with Crippen LogP contribution in [-0.2, 0) is 4.79 Å². The zero-order chi connectivity index (χ0) is 7.84. The third-order valence-electron chi connectivity index (χ3n) is 2.69. The number of fused-ring (bicyclic) bond motifs is 1. The first-order valence-corrected chi connectivity index (χ1v) is 4.03. The molecule has 3 unspecified atom stereocenters. The van der Waals surface area contributed by atoms with Crippen molar-refractivity contribution in [3.8, 4) is 0 Å². The van der Waals surface area contributed by atoms with Crippen LogP contribution in [0.1, 0.15) is 19.3 Å². The molecule has 4 nitrogen and oxygen atoms in total. The van der Waals surface area contributed by atoms with Gasteiger partial charge in [-0.1, -0.05) is 6.42 Å². The molecule has 1 aliphatic heterocycles. The zero-order valence-electron chi connectivity index (χ0n) is 6.21. The molecule has 4 heteroatoms. The highest BCUT2D eigenvalue weighted by molar-refractivity contribution is 5.74. The summed E-state index contributed by atoms with van der Waals surface area (Å²) in [6, 6.07) is 0.0404. The number of carboxylic acid groups (broad SMARTS) is 1. The van der Waals surface area contributed by atoms with E-state index in [1.54, 1.807) is 0 Å². The van der Waals surface area contributed by atoms with Crippen LogP contribution in [0.3, 0.4) is 0 Å². The Morgan fingerprint density at radius 3 is 2.91 bits per heavy atom. The van der Waals surface area contributed by atoms with E-state index in [1.165, 1.54) is 0 Å². The summed E-state index contributed by atoms with van der Waals surface area (Å²) >= 11 is 0. The highest BCUT2D eigenvalue weighted by atomic mass is 16.4. The maximum absolute atomic E-state index is 10.6. The van der Waals surface area contributed by atoms with E-state index in [9.17, 15) is 4.79 Å². The molecule has 0 radical (unpaired) electrons. The Balaban J connectivity index is 2.08. The average molecular weight is 156 g/mol. The fourth-order valence-electron chi connectivity index (χ4n) is 2.12. The maximum atomic E-state index is 10.6. The van der Waals surface area contributed by atoms with Crippen molar-refractivity contribution in [2.45, 2.75) is 31.3 Å². The molecule has 0 aromatic rings. The summed E-state index contributed by atoms with van der Waals surface area (Å²) in [6.07, 6.45) is 3.32. The van der Waals surface area contributed by atoms with E-state index in [4.69, 9.17) is 5.11 Å². The van der Waals surface area contributed by atoms with Crippen molar-refractivity contribution in [2.24, 2.45) is 5.92 Å². The second kappa shape index (κ2) is 2.46. The van der Waals surface area contributed by atoms with Crippen LogP contribution in [0.15, 0.2) is 0 Å². The van der Waals surface area contributed by atoms with Crippen LogP contribution in [0.25, 0.3) is 0 Å². The lowest BCUT2D eigenvalue weighted by atomic mass is 9.98. The number of hydrogen-bond acceptors (Lipinski definition) is 3.